The number of carbonyl (C=O) groups excluding carboxylic acids is 1. The van der Waals surface area contributed by atoms with Crippen molar-refractivity contribution in [3.8, 4) is 0 Å². The highest BCUT2D eigenvalue weighted by Crippen LogP contribution is 2.17. The maximum absolute atomic E-state index is 12.1. The fourth-order valence-electron chi connectivity index (χ4n) is 9.63. The molecule has 5 heteroatoms. The summed E-state index contributed by atoms with van der Waals surface area (Å²) >= 11 is 9.53. The van der Waals surface area contributed by atoms with E-state index >= 15 is 0 Å². The van der Waals surface area contributed by atoms with E-state index in [4.69, 9.17) is 23.2 Å². The molecule has 0 amide bonds. The average Bonchev–Trinajstić information content (AvgIpc) is 3.47. The molecule has 0 radical (unpaired) electrons. The predicted octanol–water partition coefficient (Wildman–Crippen LogP) is 28.1. The van der Waals surface area contributed by atoms with Crippen LogP contribution < -0.4 is 0 Å². The molecule has 0 saturated heterocycles. The highest BCUT2D eigenvalue weighted by Gasteiger charge is 2.05. The molecule has 0 spiro atoms. The smallest absolute Gasteiger partial charge is 0.132 e. The van der Waals surface area contributed by atoms with Gasteiger partial charge in [0, 0.05) is 12.8 Å². The number of carbonyl (C=O) groups is 1. The molecule has 0 aromatic heterocycles. The van der Waals surface area contributed by atoms with E-state index in [1.54, 1.807) is 0 Å². The second-order valence-corrected chi connectivity index (χ2v) is 25.0. The van der Waals surface area contributed by atoms with Gasteiger partial charge in [-0.25, -0.2) is 0 Å². The van der Waals surface area contributed by atoms with Crippen LogP contribution in [0.5, 0.6) is 0 Å². The number of hydrogen-bond acceptors (Lipinski definition) is 2. The third kappa shape index (κ3) is 94.9. The van der Waals surface area contributed by atoms with E-state index in [1.165, 1.54) is 270 Å². The van der Waals surface area contributed by atoms with Gasteiger partial charge < -0.3 is 5.11 Å². The minimum Gasteiger partial charge on any atom is -0.393 e. The van der Waals surface area contributed by atoms with Crippen molar-refractivity contribution in [3.63, 3.8) is 0 Å². The van der Waals surface area contributed by atoms with Crippen molar-refractivity contribution in [2.24, 2.45) is 0 Å². The maximum atomic E-state index is 12.1. The predicted molar refractivity (Wildman–Crippen MR) is 384 cm³/mol. The third-order valence-electron chi connectivity index (χ3n) is 14.8. The summed E-state index contributed by atoms with van der Waals surface area (Å²) in [5.74, 6) is 0.499. The Balaban J connectivity index is -0.000000676. The molecule has 0 bridgehead atoms. The number of ketones is 1. The van der Waals surface area contributed by atoms with E-state index < -0.39 is 0 Å². The summed E-state index contributed by atoms with van der Waals surface area (Å²) in [7, 11) is 1.08. The first kappa shape index (κ1) is 87.0. The normalized spacial score (nSPS) is 11.9. The molecule has 0 rings (SSSR count). The number of allylic oxidation sites excluding steroid dienone is 16. The van der Waals surface area contributed by atoms with Crippen LogP contribution in [0.2, 0.25) is 0 Å². The van der Waals surface area contributed by atoms with Crippen LogP contribution in [0.3, 0.4) is 0 Å². The van der Waals surface area contributed by atoms with Crippen LogP contribution in [0.25, 0.3) is 0 Å². The van der Waals surface area contributed by atoms with Gasteiger partial charge in [-0.1, -0.05) is 292 Å². The molecule has 0 aliphatic rings. The summed E-state index contributed by atoms with van der Waals surface area (Å²) in [5, 5.41) is 10.4. The van der Waals surface area contributed by atoms with Gasteiger partial charge >= 0.3 is 0 Å². The Kier molecular flexibility index (Phi) is 93.7. The van der Waals surface area contributed by atoms with Crippen LogP contribution in [-0.2, 0) is 4.79 Å². The molecule has 0 aromatic rings. The molecular weight excluding hydrogens is 1060 g/mol. The van der Waals surface area contributed by atoms with E-state index in [0.717, 1.165) is 72.8 Å². The Morgan fingerprint density at radius 3 is 0.683 bits per heavy atom. The highest BCUT2D eigenvalue weighted by atomic mass is 35.5. The van der Waals surface area contributed by atoms with Crippen molar-refractivity contribution in [1.29, 1.82) is 0 Å². The lowest BCUT2D eigenvalue weighted by Gasteiger charge is -2.10. The van der Waals surface area contributed by atoms with Gasteiger partial charge in [0.05, 0.1) is 11.4 Å². The second-order valence-electron chi connectivity index (χ2n) is 23.2. The molecular formula is C77H143Cl2O2P. The SMILES string of the molecule is CCCCC/C=C\C/C=C\CCCCCCCCC(=O)CCCCCCCC/C=C\C/C=C\CCCCC.CCCCC/C=C\C/C=C\CCCCCCCCC(O)CCCCCCCC/C=C\C/C=C\CCCCC.CPC.ClCCl. The first-order chi connectivity index (χ1) is 40.4. The molecule has 0 aliphatic heterocycles. The number of aliphatic hydroxyl groups is 1. The largest absolute Gasteiger partial charge is 0.393 e. The monoisotopic (exact) mass is 1200 g/mol. The Bertz CT molecular complexity index is 1280. The summed E-state index contributed by atoms with van der Waals surface area (Å²) < 4.78 is 0. The lowest BCUT2D eigenvalue weighted by atomic mass is 10.0. The van der Waals surface area contributed by atoms with Crippen LogP contribution in [-0.4, -0.2) is 35.7 Å². The molecule has 0 saturated carbocycles. The van der Waals surface area contributed by atoms with E-state index in [-0.39, 0.29) is 11.4 Å². The number of aliphatic hydroxyl groups excluding tert-OH is 1. The van der Waals surface area contributed by atoms with Gasteiger partial charge in [-0.3, -0.25) is 4.79 Å². The van der Waals surface area contributed by atoms with Gasteiger partial charge in [0.1, 0.15) is 5.78 Å². The molecule has 482 valence electrons. The number of hydrogen-bond donors (Lipinski definition) is 1. The summed E-state index contributed by atoms with van der Waals surface area (Å²) in [5.41, 5.74) is 0. The van der Waals surface area contributed by atoms with Crippen LogP contribution in [0, 0.1) is 0 Å². The molecule has 2 nitrogen and oxygen atoms in total. The summed E-state index contributed by atoms with van der Waals surface area (Å²) in [6.07, 6.45) is 102. The lowest BCUT2D eigenvalue weighted by Crippen LogP contribution is -2.05. The molecule has 1 N–H and O–H groups in total. The Labute approximate surface area is 527 Å². The summed E-state index contributed by atoms with van der Waals surface area (Å²) in [4.78, 5) is 12.1. The third-order valence-corrected chi connectivity index (χ3v) is 14.8. The van der Waals surface area contributed by atoms with Crippen LogP contribution >= 0.6 is 31.8 Å². The Morgan fingerprint density at radius 2 is 0.476 bits per heavy atom. The van der Waals surface area contributed by atoms with Crippen molar-refractivity contribution in [2.75, 3.05) is 18.7 Å². The van der Waals surface area contributed by atoms with Crippen molar-refractivity contribution in [2.45, 2.75) is 368 Å². The fourth-order valence-corrected chi connectivity index (χ4v) is 9.63. The van der Waals surface area contributed by atoms with Crippen molar-refractivity contribution in [1.82, 2.24) is 0 Å². The van der Waals surface area contributed by atoms with E-state index in [0.29, 0.717) is 5.78 Å². The van der Waals surface area contributed by atoms with Gasteiger partial charge in [-0.05, 0) is 167 Å². The van der Waals surface area contributed by atoms with Crippen molar-refractivity contribution in [3.05, 3.63) is 97.2 Å². The zero-order valence-electron chi connectivity index (χ0n) is 55.9. The number of rotatable bonds is 60. The van der Waals surface area contributed by atoms with E-state index in [9.17, 15) is 9.90 Å². The number of unbranched alkanes of at least 4 members (excludes halogenated alkanes) is 36. The molecule has 0 heterocycles. The van der Waals surface area contributed by atoms with Gasteiger partial charge in [-0.15, -0.1) is 31.8 Å². The molecule has 82 heavy (non-hydrogen) atoms. The minimum atomic E-state index is -0.0633. The fraction of sp³-hybridized carbons (Fsp3) is 0.779. The van der Waals surface area contributed by atoms with Crippen LogP contribution in [0.4, 0.5) is 0 Å². The minimum absolute atomic E-state index is 0.0633. The summed E-state index contributed by atoms with van der Waals surface area (Å²) in [6.45, 7) is 13.3. The zero-order chi connectivity index (χ0) is 60.7. The maximum Gasteiger partial charge on any atom is 0.132 e. The first-order valence-corrected chi connectivity index (χ1v) is 38.6. The standard InChI is InChI=1S/C37H68O.C37H66O.C2H7P.CH2Cl2/c2*1-3-5-7-9-11-13-15-17-19-21-23-25-27-29-31-33-35-37(38)36-34-32-30-28-26-24-22-20-18-16-14-12-10-8-6-4-2;1-3-2;2-1-3/h11-14,17-20,37-38H,3-10,15-16,21-36H2,1-2H3;11-14,17-20H,3-10,15-16,21-36H2,1-2H3;3H,1-2H3;1H2/b2*13-11-,14-12-,19-17-,20-18-;;. The molecule has 0 atom stereocenters. The highest BCUT2D eigenvalue weighted by molar-refractivity contribution is 7.35. The average molecular weight is 1200 g/mol. The van der Waals surface area contributed by atoms with Gasteiger partial charge in [0.25, 0.3) is 0 Å². The second kappa shape index (κ2) is 88.3. The molecule has 0 aliphatic carbocycles. The Hall–Kier alpha value is -1.44. The van der Waals surface area contributed by atoms with E-state index in [1.807, 2.05) is 0 Å². The molecule has 0 fully saturated rings. The Morgan fingerprint density at radius 1 is 0.305 bits per heavy atom. The van der Waals surface area contributed by atoms with Crippen LogP contribution in [0.15, 0.2) is 97.2 Å². The zero-order valence-corrected chi connectivity index (χ0v) is 58.4. The van der Waals surface area contributed by atoms with Crippen molar-refractivity contribution < 1.29 is 9.90 Å². The lowest BCUT2D eigenvalue weighted by molar-refractivity contribution is -0.119. The molecule has 0 unspecified atom stereocenters. The number of Topliss-reactive ketones (excluding diaryl/α,β-unsaturated/α-hetero) is 1. The number of halogens is 2. The van der Waals surface area contributed by atoms with Gasteiger partial charge in [0.15, 0.2) is 0 Å². The summed E-state index contributed by atoms with van der Waals surface area (Å²) in [6, 6.07) is 0. The van der Waals surface area contributed by atoms with E-state index in [2.05, 4.69) is 138 Å². The van der Waals surface area contributed by atoms with Crippen LogP contribution in [0.1, 0.15) is 362 Å². The number of alkyl halides is 2. The molecule has 0 aromatic carbocycles. The van der Waals surface area contributed by atoms with Crippen molar-refractivity contribution >= 4 is 37.6 Å². The van der Waals surface area contributed by atoms with Gasteiger partial charge in [-0.2, -0.15) is 0 Å². The van der Waals surface area contributed by atoms with Gasteiger partial charge in [0.2, 0.25) is 0 Å². The first-order valence-electron chi connectivity index (χ1n) is 35.5. The topological polar surface area (TPSA) is 37.3 Å². The quantitative estimate of drug-likeness (QED) is 0.0285.